The van der Waals surface area contributed by atoms with Crippen molar-refractivity contribution < 1.29 is 18.7 Å². The van der Waals surface area contributed by atoms with Gasteiger partial charge in [-0.1, -0.05) is 11.6 Å². The van der Waals surface area contributed by atoms with Crippen molar-refractivity contribution in [3.8, 4) is 6.01 Å². The van der Waals surface area contributed by atoms with E-state index in [0.29, 0.717) is 44.0 Å². The molecule has 0 saturated carbocycles. The normalized spacial score (nSPS) is 25.1. The molecule has 4 fully saturated rings. The summed E-state index contributed by atoms with van der Waals surface area (Å²) in [5, 5.41) is 0.297. The first kappa shape index (κ1) is 24.9. The number of hydrogen-bond donors (Lipinski definition) is 0. The van der Waals surface area contributed by atoms with Gasteiger partial charge in [0.2, 0.25) is 0 Å². The molecule has 4 aliphatic rings. The first-order chi connectivity index (χ1) is 17.6. The molecule has 0 spiro atoms. The molecular weight excluding hydrogens is 499 g/mol. The fourth-order valence-corrected chi connectivity index (χ4v) is 6.74. The van der Waals surface area contributed by atoms with Crippen molar-refractivity contribution in [3.63, 3.8) is 0 Å². The van der Waals surface area contributed by atoms with Gasteiger partial charge in [0, 0.05) is 44.2 Å². The third-order valence-corrected chi connectivity index (χ3v) is 8.58. The predicted octanol–water partition coefficient (Wildman–Crippen LogP) is 4.13. The SMILES string of the molecule is CC(C)(C)OC(=O)N1C[C@@H]2CN(c3nc(OCC45CCCN4CCC5)nc4c(F)c(Cl)ncc34)C[C@@H]2C1. The highest BCUT2D eigenvalue weighted by Gasteiger charge is 2.46. The van der Waals surface area contributed by atoms with E-state index in [2.05, 4.69) is 19.8 Å². The van der Waals surface area contributed by atoms with E-state index in [4.69, 9.17) is 26.1 Å². The number of nitrogens with zero attached hydrogens (tertiary/aromatic N) is 6. The number of ether oxygens (including phenoxy) is 2. The van der Waals surface area contributed by atoms with Crippen LogP contribution in [0.3, 0.4) is 0 Å². The highest BCUT2D eigenvalue weighted by Crippen LogP contribution is 2.40. The van der Waals surface area contributed by atoms with Gasteiger partial charge in [0.25, 0.3) is 0 Å². The van der Waals surface area contributed by atoms with Crippen LogP contribution >= 0.6 is 11.6 Å². The molecule has 6 heterocycles. The Labute approximate surface area is 221 Å². The van der Waals surface area contributed by atoms with E-state index in [1.807, 2.05) is 20.8 Å². The first-order valence-electron chi connectivity index (χ1n) is 13.2. The van der Waals surface area contributed by atoms with Crippen molar-refractivity contribution in [1.29, 1.82) is 0 Å². The Bertz CT molecular complexity index is 1200. The van der Waals surface area contributed by atoms with Gasteiger partial charge in [0.15, 0.2) is 11.0 Å². The molecule has 4 aliphatic heterocycles. The third kappa shape index (κ3) is 4.56. The molecule has 2 aromatic rings. The van der Waals surface area contributed by atoms with E-state index < -0.39 is 11.4 Å². The minimum absolute atomic E-state index is 0.0305. The number of pyridine rings is 1. The van der Waals surface area contributed by atoms with Crippen LogP contribution in [0.25, 0.3) is 10.9 Å². The molecule has 37 heavy (non-hydrogen) atoms. The molecule has 4 saturated heterocycles. The Morgan fingerprint density at radius 2 is 1.81 bits per heavy atom. The monoisotopic (exact) mass is 532 g/mol. The highest BCUT2D eigenvalue weighted by atomic mass is 35.5. The third-order valence-electron chi connectivity index (χ3n) is 8.32. The summed E-state index contributed by atoms with van der Waals surface area (Å²) in [6.07, 6.45) is 5.79. The molecular formula is C26H34ClFN6O3. The average Bonchev–Trinajstić information content (AvgIpc) is 3.58. The van der Waals surface area contributed by atoms with Gasteiger partial charge < -0.3 is 19.3 Å². The number of likely N-dealkylation sites (tertiary alicyclic amines) is 1. The maximum Gasteiger partial charge on any atom is 0.410 e. The van der Waals surface area contributed by atoms with Crippen LogP contribution in [0.4, 0.5) is 15.0 Å². The van der Waals surface area contributed by atoms with Crippen LogP contribution < -0.4 is 9.64 Å². The van der Waals surface area contributed by atoms with E-state index in [1.54, 1.807) is 4.90 Å². The zero-order valence-corrected chi connectivity index (χ0v) is 22.4. The molecule has 2 atom stereocenters. The lowest BCUT2D eigenvalue weighted by Gasteiger charge is -2.31. The second-order valence-corrected chi connectivity index (χ2v) is 12.3. The molecule has 0 aromatic carbocycles. The van der Waals surface area contributed by atoms with E-state index in [0.717, 1.165) is 25.9 Å². The van der Waals surface area contributed by atoms with Gasteiger partial charge in [-0.15, -0.1) is 0 Å². The summed E-state index contributed by atoms with van der Waals surface area (Å²) in [6, 6.07) is 0.171. The second-order valence-electron chi connectivity index (χ2n) is 12.0. The second kappa shape index (κ2) is 9.08. The van der Waals surface area contributed by atoms with Crippen LogP contribution in [0.15, 0.2) is 6.20 Å². The zero-order valence-electron chi connectivity index (χ0n) is 21.7. The van der Waals surface area contributed by atoms with Gasteiger partial charge in [-0.25, -0.2) is 14.2 Å². The molecule has 2 aromatic heterocycles. The number of fused-ring (bicyclic) bond motifs is 3. The Morgan fingerprint density at radius 1 is 1.14 bits per heavy atom. The lowest BCUT2D eigenvalue weighted by molar-refractivity contribution is 0.0282. The predicted molar refractivity (Wildman–Crippen MR) is 138 cm³/mol. The highest BCUT2D eigenvalue weighted by molar-refractivity contribution is 6.30. The van der Waals surface area contributed by atoms with Crippen molar-refractivity contribution in [2.24, 2.45) is 11.8 Å². The average molecular weight is 533 g/mol. The van der Waals surface area contributed by atoms with Crippen molar-refractivity contribution in [2.75, 3.05) is 50.8 Å². The summed E-state index contributed by atoms with van der Waals surface area (Å²) >= 11 is 6.02. The van der Waals surface area contributed by atoms with Crippen molar-refractivity contribution in [2.45, 2.75) is 57.6 Å². The number of aromatic nitrogens is 3. The maximum atomic E-state index is 15.1. The number of carbonyl (C=O) groups is 1. The molecule has 9 nitrogen and oxygen atoms in total. The van der Waals surface area contributed by atoms with Crippen LogP contribution in [-0.2, 0) is 4.74 Å². The minimum Gasteiger partial charge on any atom is -0.461 e. The lowest BCUT2D eigenvalue weighted by Crippen LogP contribution is -2.43. The molecule has 0 unspecified atom stereocenters. The number of hydrogen-bond acceptors (Lipinski definition) is 8. The van der Waals surface area contributed by atoms with E-state index in [1.165, 1.54) is 19.0 Å². The minimum atomic E-state index is -0.662. The molecule has 1 amide bonds. The molecule has 0 N–H and O–H groups in total. The summed E-state index contributed by atoms with van der Waals surface area (Å²) in [5.74, 6) is 0.492. The summed E-state index contributed by atoms with van der Waals surface area (Å²) in [7, 11) is 0. The Kier molecular flexibility index (Phi) is 6.10. The van der Waals surface area contributed by atoms with Gasteiger partial charge in [-0.2, -0.15) is 9.97 Å². The smallest absolute Gasteiger partial charge is 0.410 e. The Balaban J connectivity index is 1.24. The van der Waals surface area contributed by atoms with E-state index >= 15 is 4.39 Å². The summed E-state index contributed by atoms with van der Waals surface area (Å²) < 4.78 is 26.8. The van der Waals surface area contributed by atoms with Crippen LogP contribution in [0.1, 0.15) is 46.5 Å². The summed E-state index contributed by atoms with van der Waals surface area (Å²) in [6.45, 7) is 10.9. The first-order valence-corrected chi connectivity index (χ1v) is 13.6. The number of halogens is 2. The summed E-state index contributed by atoms with van der Waals surface area (Å²) in [4.78, 5) is 32.3. The van der Waals surface area contributed by atoms with Crippen LogP contribution in [0, 0.1) is 17.7 Å². The standard InChI is InChI=1S/C26H34ClFN6O3/c1-25(2,3)37-24(35)33-13-16-11-32(12-17(16)14-33)22-18-10-29-21(27)19(28)20(18)30-23(31-22)36-15-26-6-4-8-34(26)9-5-7-26/h10,16-17H,4-9,11-15H2,1-3H3/t16-,17+. The number of carbonyl (C=O) groups excluding carboxylic acids is 1. The van der Waals surface area contributed by atoms with Gasteiger partial charge in [0.1, 0.15) is 23.5 Å². The largest absolute Gasteiger partial charge is 0.461 e. The molecule has 0 aliphatic carbocycles. The molecule has 0 radical (unpaired) electrons. The summed E-state index contributed by atoms with van der Waals surface area (Å²) in [5.41, 5.74) is -0.370. The van der Waals surface area contributed by atoms with Crippen molar-refractivity contribution in [1.82, 2.24) is 24.8 Å². The number of anilines is 1. The maximum absolute atomic E-state index is 15.1. The number of amides is 1. The fourth-order valence-electron chi connectivity index (χ4n) is 6.61. The molecule has 0 bridgehead atoms. The Hall–Kier alpha value is -2.46. The zero-order chi connectivity index (χ0) is 25.9. The van der Waals surface area contributed by atoms with Crippen LogP contribution in [0.5, 0.6) is 6.01 Å². The quantitative estimate of drug-likeness (QED) is 0.544. The fraction of sp³-hybridized carbons (Fsp3) is 0.692. The van der Waals surface area contributed by atoms with E-state index in [-0.39, 0.29) is 40.1 Å². The molecule has 200 valence electrons. The van der Waals surface area contributed by atoms with Gasteiger partial charge >= 0.3 is 12.1 Å². The van der Waals surface area contributed by atoms with Crippen LogP contribution in [0.2, 0.25) is 5.15 Å². The topological polar surface area (TPSA) is 83.9 Å². The van der Waals surface area contributed by atoms with Crippen molar-refractivity contribution >= 4 is 34.4 Å². The number of rotatable bonds is 4. The van der Waals surface area contributed by atoms with E-state index in [9.17, 15) is 4.79 Å². The van der Waals surface area contributed by atoms with Gasteiger partial charge in [0.05, 0.1) is 10.9 Å². The molecule has 11 heteroatoms. The van der Waals surface area contributed by atoms with Crippen LogP contribution in [-0.4, -0.2) is 87.9 Å². The van der Waals surface area contributed by atoms with Gasteiger partial charge in [-0.05, 0) is 59.5 Å². The Morgan fingerprint density at radius 3 is 2.46 bits per heavy atom. The molecule has 6 rings (SSSR count). The van der Waals surface area contributed by atoms with Gasteiger partial charge in [-0.3, -0.25) is 4.90 Å². The lowest BCUT2D eigenvalue weighted by atomic mass is 9.95. The van der Waals surface area contributed by atoms with Crippen molar-refractivity contribution in [3.05, 3.63) is 17.2 Å².